The van der Waals surface area contributed by atoms with Crippen molar-refractivity contribution < 1.29 is 27.2 Å². The maximum absolute atomic E-state index is 12.0. The zero-order valence-corrected chi connectivity index (χ0v) is 6.52. The predicted molar refractivity (Wildman–Crippen MR) is 33.4 cm³/mol. The number of halogens is 4. The Kier molecular flexibility index (Phi) is 2.46. The highest BCUT2D eigenvalue weighted by molar-refractivity contribution is 6.61. The molecule has 1 aromatic heterocycles. The maximum Gasteiger partial charge on any atom is 0.456 e. The fourth-order valence-corrected chi connectivity index (χ4v) is 0.664. The third-order valence-corrected chi connectivity index (χ3v) is 1.06. The van der Waals surface area contributed by atoms with E-state index in [-0.39, 0.29) is 0 Å². The van der Waals surface area contributed by atoms with Gasteiger partial charge < -0.3 is 9.26 Å². The normalized spacial score (nSPS) is 11.4. The number of hydrogen-bond acceptors (Lipinski definition) is 4. The number of nitrogens with zero attached hydrogens (tertiary/aromatic N) is 1. The van der Waals surface area contributed by atoms with Crippen molar-refractivity contribution in [1.29, 1.82) is 0 Å². The van der Waals surface area contributed by atoms with Crippen molar-refractivity contribution in [3.05, 3.63) is 12.0 Å². The highest BCUT2D eigenvalue weighted by atomic mass is 35.5. The molecule has 0 bridgehead atoms. The van der Waals surface area contributed by atoms with Gasteiger partial charge in [-0.1, -0.05) is 5.16 Å². The Morgan fingerprint density at radius 2 is 2.23 bits per heavy atom. The average Bonchev–Trinajstić information content (AvgIpc) is 2.31. The van der Waals surface area contributed by atoms with E-state index in [1.54, 1.807) is 0 Å². The van der Waals surface area contributed by atoms with E-state index in [4.69, 9.17) is 11.6 Å². The van der Waals surface area contributed by atoms with Crippen LogP contribution in [0.1, 0.15) is 5.76 Å². The molecule has 4 nitrogen and oxygen atoms in total. The summed E-state index contributed by atoms with van der Waals surface area (Å²) in [7, 11) is 0. The zero-order valence-electron chi connectivity index (χ0n) is 5.76. The van der Waals surface area contributed by atoms with Gasteiger partial charge in [0.2, 0.25) is 5.75 Å². The van der Waals surface area contributed by atoms with Gasteiger partial charge in [-0.15, -0.1) is 0 Å². The fourth-order valence-electron chi connectivity index (χ4n) is 0.581. The predicted octanol–water partition coefficient (Wildman–Crippen LogP) is 2.43. The first kappa shape index (κ1) is 9.85. The second kappa shape index (κ2) is 3.25. The molecule has 0 N–H and O–H groups in total. The van der Waals surface area contributed by atoms with Crippen LogP contribution in [-0.4, -0.2) is 10.6 Å². The van der Waals surface area contributed by atoms with Crippen LogP contribution in [0.15, 0.2) is 10.7 Å². The van der Waals surface area contributed by atoms with Crippen LogP contribution in [0.4, 0.5) is 18.0 Å². The molecule has 8 heteroatoms. The lowest BCUT2D eigenvalue weighted by atomic mass is 10.4. The van der Waals surface area contributed by atoms with Crippen LogP contribution in [0.25, 0.3) is 0 Å². The maximum atomic E-state index is 12.0. The van der Waals surface area contributed by atoms with Crippen molar-refractivity contribution in [3.63, 3.8) is 0 Å². The summed E-state index contributed by atoms with van der Waals surface area (Å²) < 4.78 is 43.7. The minimum Gasteiger partial charge on any atom is -0.409 e. The van der Waals surface area contributed by atoms with Crippen molar-refractivity contribution >= 4 is 17.0 Å². The molecule has 0 unspecified atom stereocenters. The van der Waals surface area contributed by atoms with Gasteiger partial charge in [0.15, 0.2) is 0 Å². The fraction of sp³-hybridized carbons (Fsp3) is 0.200. The second-order valence-electron chi connectivity index (χ2n) is 1.86. The van der Waals surface area contributed by atoms with Crippen molar-refractivity contribution in [3.8, 4) is 5.75 Å². The monoisotopic (exact) mass is 215 g/mol. The molecular formula is C5HClF3NO3. The minimum absolute atomic E-state index is 0.600. The third-order valence-electron chi connectivity index (χ3n) is 0.985. The molecule has 1 rings (SSSR count). The highest BCUT2D eigenvalue weighted by Gasteiger charge is 2.40. The molecule has 1 heterocycles. The molecule has 0 radical (unpaired) electrons. The standard InChI is InChI=1S/C5HClF3NO3/c6-4(11)12-2-1-10-13-3(2)5(7,8)9/h1H. The summed E-state index contributed by atoms with van der Waals surface area (Å²) in [5.74, 6) is -2.35. The van der Waals surface area contributed by atoms with Gasteiger partial charge in [0.05, 0.1) is 0 Å². The lowest BCUT2D eigenvalue weighted by molar-refractivity contribution is -0.156. The van der Waals surface area contributed by atoms with E-state index in [1.165, 1.54) is 0 Å². The molecule has 1 aromatic rings. The van der Waals surface area contributed by atoms with Gasteiger partial charge in [-0.05, 0) is 0 Å². The quantitative estimate of drug-likeness (QED) is 0.675. The smallest absolute Gasteiger partial charge is 0.409 e. The van der Waals surface area contributed by atoms with Crippen LogP contribution < -0.4 is 4.74 Å². The first-order chi connectivity index (χ1) is 5.91. The highest BCUT2D eigenvalue weighted by Crippen LogP contribution is 2.36. The molecule has 0 aliphatic heterocycles. The molecule has 13 heavy (non-hydrogen) atoms. The SMILES string of the molecule is O=C(Cl)Oc1cnoc1C(F)(F)F. The van der Waals surface area contributed by atoms with E-state index < -0.39 is 23.1 Å². The summed E-state index contributed by atoms with van der Waals surface area (Å²) >= 11 is 4.69. The van der Waals surface area contributed by atoms with Gasteiger partial charge in [-0.25, -0.2) is 4.79 Å². The number of aromatic nitrogens is 1. The van der Waals surface area contributed by atoms with Gasteiger partial charge in [-0.3, -0.25) is 0 Å². The van der Waals surface area contributed by atoms with E-state index in [9.17, 15) is 18.0 Å². The van der Waals surface area contributed by atoms with Gasteiger partial charge in [0.1, 0.15) is 6.20 Å². The number of carbonyl (C=O) groups is 1. The van der Waals surface area contributed by atoms with E-state index >= 15 is 0 Å². The summed E-state index contributed by atoms with van der Waals surface area (Å²) in [6.45, 7) is 0. The van der Waals surface area contributed by atoms with Crippen LogP contribution in [0.5, 0.6) is 5.75 Å². The summed E-state index contributed by atoms with van der Waals surface area (Å²) in [5, 5.41) is 2.81. The Morgan fingerprint density at radius 1 is 1.62 bits per heavy atom. The first-order valence-corrected chi connectivity index (χ1v) is 3.18. The molecule has 0 fully saturated rings. The molecular weight excluding hydrogens is 215 g/mol. The minimum atomic E-state index is -4.77. The van der Waals surface area contributed by atoms with Crippen LogP contribution in [0.2, 0.25) is 0 Å². The van der Waals surface area contributed by atoms with E-state index in [2.05, 4.69) is 14.4 Å². The Bertz CT molecular complexity index is 321. The summed E-state index contributed by atoms with van der Waals surface area (Å²) in [6.07, 6.45) is -4.17. The molecule has 0 aromatic carbocycles. The van der Waals surface area contributed by atoms with E-state index in [1.807, 2.05) is 0 Å². The van der Waals surface area contributed by atoms with Gasteiger partial charge in [-0.2, -0.15) is 13.2 Å². The Labute approximate surface area is 74.2 Å². The molecule has 0 atom stereocenters. The molecule has 0 saturated carbocycles. The van der Waals surface area contributed by atoms with Crippen LogP contribution in [0, 0.1) is 0 Å². The Hall–Kier alpha value is -1.24. The summed E-state index contributed by atoms with van der Waals surface area (Å²) in [5.41, 5.74) is -1.39. The second-order valence-corrected chi connectivity index (χ2v) is 2.17. The number of ether oxygens (including phenoxy) is 1. The van der Waals surface area contributed by atoms with Gasteiger partial charge in [0, 0.05) is 11.6 Å². The lowest BCUT2D eigenvalue weighted by Gasteiger charge is -2.02. The first-order valence-electron chi connectivity index (χ1n) is 2.80. The Morgan fingerprint density at radius 3 is 2.69 bits per heavy atom. The van der Waals surface area contributed by atoms with E-state index in [0.717, 1.165) is 0 Å². The topological polar surface area (TPSA) is 52.3 Å². The van der Waals surface area contributed by atoms with Crippen molar-refractivity contribution in [2.75, 3.05) is 0 Å². The molecule has 72 valence electrons. The average molecular weight is 216 g/mol. The van der Waals surface area contributed by atoms with E-state index in [0.29, 0.717) is 6.20 Å². The van der Waals surface area contributed by atoms with Crippen molar-refractivity contribution in [2.45, 2.75) is 6.18 Å². The summed E-state index contributed by atoms with van der Waals surface area (Å²) in [4.78, 5) is 10.1. The van der Waals surface area contributed by atoms with Gasteiger partial charge in [0.25, 0.3) is 5.76 Å². The van der Waals surface area contributed by atoms with Crippen LogP contribution >= 0.6 is 11.6 Å². The van der Waals surface area contributed by atoms with Crippen molar-refractivity contribution in [2.24, 2.45) is 0 Å². The number of carbonyl (C=O) groups excluding carboxylic acids is 1. The number of hydrogen-bond donors (Lipinski definition) is 0. The molecule has 0 aliphatic carbocycles. The van der Waals surface area contributed by atoms with Crippen molar-refractivity contribution in [1.82, 2.24) is 5.16 Å². The van der Waals surface area contributed by atoms with Crippen LogP contribution in [-0.2, 0) is 6.18 Å². The molecule has 0 aliphatic rings. The molecule has 0 saturated heterocycles. The Balaban J connectivity index is 2.96. The number of alkyl halides is 3. The van der Waals surface area contributed by atoms with Gasteiger partial charge >= 0.3 is 11.6 Å². The third kappa shape index (κ3) is 2.35. The zero-order chi connectivity index (χ0) is 10.1. The largest absolute Gasteiger partial charge is 0.456 e. The lowest BCUT2D eigenvalue weighted by Crippen LogP contribution is -2.07. The number of rotatable bonds is 1. The van der Waals surface area contributed by atoms with Crippen LogP contribution in [0.3, 0.4) is 0 Å². The summed E-state index contributed by atoms with van der Waals surface area (Å²) in [6, 6.07) is 0. The molecule has 0 spiro atoms. The molecule has 0 amide bonds.